The number of hydrogen-bond donors (Lipinski definition) is 2. The lowest BCUT2D eigenvalue weighted by atomic mass is 10.1. The maximum Gasteiger partial charge on any atom is 0.274 e. The molecule has 2 N–H and O–H groups in total. The van der Waals surface area contributed by atoms with Crippen LogP contribution in [0.2, 0.25) is 0 Å². The third-order valence-electron chi connectivity index (χ3n) is 4.08. The van der Waals surface area contributed by atoms with Gasteiger partial charge in [-0.05, 0) is 30.2 Å². The van der Waals surface area contributed by atoms with Crippen molar-refractivity contribution in [3.05, 3.63) is 72.1 Å². The monoisotopic (exact) mass is 378 g/mol. The summed E-state index contributed by atoms with van der Waals surface area (Å²) in [6.07, 6.45) is 2.39. The van der Waals surface area contributed by atoms with Crippen LogP contribution >= 0.6 is 0 Å². The molecule has 0 fully saturated rings. The van der Waals surface area contributed by atoms with E-state index < -0.39 is 0 Å². The maximum atomic E-state index is 12.6. The second kappa shape index (κ2) is 9.36. The number of amides is 1. The summed E-state index contributed by atoms with van der Waals surface area (Å²) < 4.78 is 10.5. The lowest BCUT2D eigenvalue weighted by Crippen LogP contribution is -2.16. The highest BCUT2D eigenvalue weighted by Crippen LogP contribution is 2.29. The zero-order chi connectivity index (χ0) is 19.8. The number of anilines is 2. The Bertz CT molecular complexity index is 932. The van der Waals surface area contributed by atoms with E-state index in [4.69, 9.17) is 9.47 Å². The van der Waals surface area contributed by atoms with Gasteiger partial charge >= 0.3 is 0 Å². The second-order valence-electron chi connectivity index (χ2n) is 5.95. The molecule has 144 valence electrons. The molecule has 0 saturated carbocycles. The normalized spacial score (nSPS) is 10.2. The minimum Gasteiger partial charge on any atom is -0.497 e. The molecular weight excluding hydrogens is 356 g/mol. The van der Waals surface area contributed by atoms with E-state index in [2.05, 4.69) is 32.7 Å². The average Bonchev–Trinajstić information content (AvgIpc) is 2.74. The molecule has 3 rings (SSSR count). The average molecular weight is 378 g/mol. The Kier molecular flexibility index (Phi) is 6.41. The quantitative estimate of drug-likeness (QED) is 0.625. The fourth-order valence-electron chi connectivity index (χ4n) is 2.63. The first kappa shape index (κ1) is 19.2. The zero-order valence-electron chi connectivity index (χ0n) is 15.8. The Balaban J connectivity index is 1.65. The minimum absolute atomic E-state index is 0.252. The van der Waals surface area contributed by atoms with E-state index in [0.717, 1.165) is 6.42 Å². The van der Waals surface area contributed by atoms with Crippen LogP contribution in [-0.4, -0.2) is 36.6 Å². The Morgan fingerprint density at radius 3 is 2.61 bits per heavy atom. The summed E-state index contributed by atoms with van der Waals surface area (Å²) in [4.78, 5) is 21.1. The van der Waals surface area contributed by atoms with Crippen molar-refractivity contribution in [2.24, 2.45) is 0 Å². The number of carbonyl (C=O) groups is 1. The van der Waals surface area contributed by atoms with Crippen molar-refractivity contribution in [1.82, 2.24) is 9.97 Å². The van der Waals surface area contributed by atoms with Crippen LogP contribution < -0.4 is 20.1 Å². The van der Waals surface area contributed by atoms with Crippen molar-refractivity contribution >= 4 is 17.5 Å². The van der Waals surface area contributed by atoms with Gasteiger partial charge in [0, 0.05) is 18.8 Å². The minimum atomic E-state index is -0.361. The molecular formula is C21H22N4O3. The van der Waals surface area contributed by atoms with Crippen molar-refractivity contribution in [3.8, 4) is 11.5 Å². The fraction of sp³-hybridized carbons (Fsp3) is 0.190. The number of ether oxygens (including phenoxy) is 2. The standard InChI is InChI=1S/C21H22N4O3/c1-27-16-8-9-19(28-2)18(14-16)24-20(26)17-11-13-23-21(25-17)22-12-10-15-6-4-3-5-7-15/h3-9,11,13-14H,10,12H2,1-2H3,(H,24,26)(H,22,23,25). The van der Waals surface area contributed by atoms with Crippen LogP contribution in [0.25, 0.3) is 0 Å². The van der Waals surface area contributed by atoms with Crippen molar-refractivity contribution in [3.63, 3.8) is 0 Å². The van der Waals surface area contributed by atoms with Gasteiger partial charge in [-0.1, -0.05) is 30.3 Å². The van der Waals surface area contributed by atoms with Crippen molar-refractivity contribution in [2.75, 3.05) is 31.4 Å². The van der Waals surface area contributed by atoms with Gasteiger partial charge in [0.1, 0.15) is 17.2 Å². The van der Waals surface area contributed by atoms with E-state index in [-0.39, 0.29) is 11.6 Å². The fourth-order valence-corrected chi connectivity index (χ4v) is 2.63. The highest BCUT2D eigenvalue weighted by molar-refractivity contribution is 6.03. The largest absolute Gasteiger partial charge is 0.497 e. The first-order valence-corrected chi connectivity index (χ1v) is 8.84. The number of methoxy groups -OCH3 is 2. The number of nitrogens with zero attached hydrogens (tertiary/aromatic N) is 2. The Morgan fingerprint density at radius 1 is 1.04 bits per heavy atom. The van der Waals surface area contributed by atoms with Gasteiger partial charge in [0.05, 0.1) is 19.9 Å². The molecule has 1 amide bonds. The van der Waals surface area contributed by atoms with Gasteiger partial charge in [-0.2, -0.15) is 0 Å². The predicted octanol–water partition coefficient (Wildman–Crippen LogP) is 3.40. The molecule has 0 aliphatic rings. The topological polar surface area (TPSA) is 85.4 Å². The van der Waals surface area contributed by atoms with Crippen molar-refractivity contribution in [2.45, 2.75) is 6.42 Å². The van der Waals surface area contributed by atoms with Crippen LogP contribution in [0.1, 0.15) is 16.1 Å². The van der Waals surface area contributed by atoms with E-state index in [1.54, 1.807) is 37.6 Å². The molecule has 0 aliphatic heterocycles. The van der Waals surface area contributed by atoms with Gasteiger partial charge in [-0.25, -0.2) is 9.97 Å². The lowest BCUT2D eigenvalue weighted by Gasteiger charge is -2.12. The van der Waals surface area contributed by atoms with Gasteiger partial charge in [-0.3, -0.25) is 4.79 Å². The van der Waals surface area contributed by atoms with E-state index >= 15 is 0 Å². The molecule has 1 heterocycles. The molecule has 1 aromatic heterocycles. The third-order valence-corrected chi connectivity index (χ3v) is 4.08. The summed E-state index contributed by atoms with van der Waals surface area (Å²) in [6, 6.07) is 16.9. The Hall–Kier alpha value is -3.61. The van der Waals surface area contributed by atoms with E-state index in [1.807, 2.05) is 18.2 Å². The Morgan fingerprint density at radius 2 is 1.86 bits per heavy atom. The number of nitrogens with one attached hydrogen (secondary N) is 2. The third kappa shape index (κ3) is 4.97. The lowest BCUT2D eigenvalue weighted by molar-refractivity contribution is 0.102. The molecule has 0 atom stereocenters. The van der Waals surface area contributed by atoms with Crippen LogP contribution in [0.4, 0.5) is 11.6 Å². The summed E-state index contributed by atoms with van der Waals surface area (Å²) >= 11 is 0. The number of aromatic nitrogens is 2. The molecule has 0 radical (unpaired) electrons. The molecule has 0 bridgehead atoms. The molecule has 7 heteroatoms. The summed E-state index contributed by atoms with van der Waals surface area (Å²) in [5.74, 6) is 1.19. The number of rotatable bonds is 8. The summed E-state index contributed by atoms with van der Waals surface area (Å²) in [5.41, 5.74) is 1.97. The smallest absolute Gasteiger partial charge is 0.274 e. The number of hydrogen-bond acceptors (Lipinski definition) is 6. The SMILES string of the molecule is COc1ccc(OC)c(NC(=O)c2ccnc(NCCc3ccccc3)n2)c1. The summed E-state index contributed by atoms with van der Waals surface area (Å²) in [7, 11) is 3.10. The van der Waals surface area contributed by atoms with Crippen molar-refractivity contribution in [1.29, 1.82) is 0 Å². The zero-order valence-corrected chi connectivity index (χ0v) is 15.8. The second-order valence-corrected chi connectivity index (χ2v) is 5.95. The number of carbonyl (C=O) groups excluding carboxylic acids is 1. The Labute approximate surface area is 163 Å². The van der Waals surface area contributed by atoms with Crippen LogP contribution in [0, 0.1) is 0 Å². The molecule has 7 nitrogen and oxygen atoms in total. The van der Waals surface area contributed by atoms with Gasteiger partial charge in [-0.15, -0.1) is 0 Å². The molecule has 0 aliphatic carbocycles. The molecule has 0 spiro atoms. The van der Waals surface area contributed by atoms with Crippen LogP contribution in [0.15, 0.2) is 60.8 Å². The van der Waals surface area contributed by atoms with Crippen LogP contribution in [-0.2, 0) is 6.42 Å². The van der Waals surface area contributed by atoms with Gasteiger partial charge in [0.2, 0.25) is 5.95 Å². The van der Waals surface area contributed by atoms with Gasteiger partial charge in [0.25, 0.3) is 5.91 Å². The van der Waals surface area contributed by atoms with Gasteiger partial charge < -0.3 is 20.1 Å². The van der Waals surface area contributed by atoms with E-state index in [1.165, 1.54) is 12.7 Å². The van der Waals surface area contributed by atoms with Gasteiger partial charge in [0.15, 0.2) is 0 Å². The highest BCUT2D eigenvalue weighted by Gasteiger charge is 2.13. The van der Waals surface area contributed by atoms with Crippen molar-refractivity contribution < 1.29 is 14.3 Å². The maximum absolute atomic E-state index is 12.6. The van der Waals surface area contributed by atoms with E-state index in [0.29, 0.717) is 29.7 Å². The highest BCUT2D eigenvalue weighted by atomic mass is 16.5. The number of benzene rings is 2. The molecule has 2 aromatic carbocycles. The summed E-state index contributed by atoms with van der Waals surface area (Å²) in [5, 5.41) is 5.95. The van der Waals surface area contributed by atoms with Crippen LogP contribution in [0.5, 0.6) is 11.5 Å². The van der Waals surface area contributed by atoms with Crippen LogP contribution in [0.3, 0.4) is 0 Å². The predicted molar refractivity (Wildman–Crippen MR) is 108 cm³/mol. The molecule has 28 heavy (non-hydrogen) atoms. The van der Waals surface area contributed by atoms with E-state index in [9.17, 15) is 4.79 Å². The molecule has 0 saturated heterocycles. The first-order valence-electron chi connectivity index (χ1n) is 8.84. The first-order chi connectivity index (χ1) is 13.7. The molecule has 0 unspecified atom stereocenters. The molecule has 3 aromatic rings. The summed E-state index contributed by atoms with van der Waals surface area (Å²) in [6.45, 7) is 0.665.